The van der Waals surface area contributed by atoms with Crippen LogP contribution < -0.4 is 5.32 Å². The van der Waals surface area contributed by atoms with Crippen molar-refractivity contribution in [2.24, 2.45) is 5.92 Å². The van der Waals surface area contributed by atoms with Gasteiger partial charge in [-0.05, 0) is 30.5 Å². The van der Waals surface area contributed by atoms with Gasteiger partial charge in [-0.2, -0.15) is 0 Å². The number of hydrogen-bond acceptors (Lipinski definition) is 2. The van der Waals surface area contributed by atoms with E-state index in [-0.39, 0.29) is 18.2 Å². The maximum atomic E-state index is 12.0. The lowest BCUT2D eigenvalue weighted by atomic mass is 10.2. The molecule has 0 saturated carbocycles. The van der Waals surface area contributed by atoms with Crippen LogP contribution in [-0.4, -0.2) is 29.8 Å². The summed E-state index contributed by atoms with van der Waals surface area (Å²) in [7, 11) is 0. The van der Waals surface area contributed by atoms with Gasteiger partial charge in [-0.15, -0.1) is 0 Å². The average molecular weight is 311 g/mol. The quantitative estimate of drug-likeness (QED) is 0.874. The monoisotopic (exact) mass is 310 g/mol. The molecule has 1 N–H and O–H groups in total. The molecule has 0 atom stereocenters. The highest BCUT2D eigenvalue weighted by Gasteiger charge is 2.13. The number of nitrogens with one attached hydrogen (secondary N) is 1. The minimum Gasteiger partial charge on any atom is -0.342 e. The lowest BCUT2D eigenvalue weighted by Gasteiger charge is -2.22. The summed E-state index contributed by atoms with van der Waals surface area (Å²) in [6.45, 7) is 8.58. The summed E-state index contributed by atoms with van der Waals surface area (Å²) in [5.41, 5.74) is 1.56. The fourth-order valence-corrected chi connectivity index (χ4v) is 2.18. The molecule has 0 unspecified atom stereocenters. The molecule has 0 radical (unpaired) electrons. The molecule has 0 spiro atoms. The van der Waals surface area contributed by atoms with E-state index in [9.17, 15) is 9.59 Å². The SMILES string of the molecule is CC(=O)N(CCC(=O)Nc1cccc(Cl)c1C)CC(C)C. The Balaban J connectivity index is 2.57. The Bertz CT molecular complexity index is 515. The van der Waals surface area contributed by atoms with Crippen LogP contribution >= 0.6 is 11.6 Å². The van der Waals surface area contributed by atoms with Crippen molar-refractivity contribution in [3.8, 4) is 0 Å². The van der Waals surface area contributed by atoms with Crippen molar-refractivity contribution in [3.05, 3.63) is 28.8 Å². The van der Waals surface area contributed by atoms with Gasteiger partial charge in [0.25, 0.3) is 0 Å². The number of halogens is 1. The van der Waals surface area contributed by atoms with E-state index in [0.717, 1.165) is 5.56 Å². The van der Waals surface area contributed by atoms with E-state index < -0.39 is 0 Å². The molecule has 1 aromatic rings. The second-order valence-corrected chi connectivity index (χ2v) is 5.98. The minimum absolute atomic E-state index is 0.00423. The van der Waals surface area contributed by atoms with E-state index in [4.69, 9.17) is 11.6 Å². The molecular weight excluding hydrogens is 288 g/mol. The molecule has 4 nitrogen and oxygen atoms in total. The number of carbonyl (C=O) groups is 2. The van der Waals surface area contributed by atoms with Crippen molar-refractivity contribution in [1.29, 1.82) is 0 Å². The Morgan fingerprint density at radius 3 is 2.57 bits per heavy atom. The summed E-state index contributed by atoms with van der Waals surface area (Å²) in [5, 5.41) is 3.46. The van der Waals surface area contributed by atoms with Crippen LogP contribution in [-0.2, 0) is 9.59 Å². The molecule has 0 fully saturated rings. The standard InChI is InChI=1S/C16H23ClN2O2/c1-11(2)10-19(13(4)20)9-8-16(21)18-15-7-5-6-14(17)12(15)3/h5-7,11H,8-10H2,1-4H3,(H,18,21). The Morgan fingerprint density at radius 1 is 1.33 bits per heavy atom. The van der Waals surface area contributed by atoms with Gasteiger partial charge < -0.3 is 10.2 Å². The second-order valence-electron chi connectivity index (χ2n) is 5.57. The van der Waals surface area contributed by atoms with Crippen LogP contribution in [0.3, 0.4) is 0 Å². The number of benzene rings is 1. The van der Waals surface area contributed by atoms with Crippen molar-refractivity contribution in [1.82, 2.24) is 4.90 Å². The number of hydrogen-bond donors (Lipinski definition) is 1. The van der Waals surface area contributed by atoms with Gasteiger partial charge in [0.15, 0.2) is 0 Å². The third-order valence-electron chi connectivity index (χ3n) is 3.18. The molecule has 1 aromatic carbocycles. The Labute approximate surface area is 131 Å². The zero-order valence-electron chi connectivity index (χ0n) is 13.1. The van der Waals surface area contributed by atoms with Crippen molar-refractivity contribution < 1.29 is 9.59 Å². The molecule has 116 valence electrons. The zero-order chi connectivity index (χ0) is 16.0. The molecule has 2 amide bonds. The van der Waals surface area contributed by atoms with Crippen molar-refractivity contribution in [2.75, 3.05) is 18.4 Å². The molecule has 5 heteroatoms. The summed E-state index contributed by atoms with van der Waals surface area (Å²) >= 11 is 6.02. The summed E-state index contributed by atoms with van der Waals surface area (Å²) in [6.07, 6.45) is 0.276. The summed E-state index contributed by atoms with van der Waals surface area (Å²) in [5.74, 6) is 0.262. The Kier molecular flexibility index (Phi) is 6.69. The largest absolute Gasteiger partial charge is 0.342 e. The highest BCUT2D eigenvalue weighted by Crippen LogP contribution is 2.22. The number of amides is 2. The zero-order valence-corrected chi connectivity index (χ0v) is 13.8. The minimum atomic E-state index is -0.115. The summed E-state index contributed by atoms with van der Waals surface area (Å²) in [4.78, 5) is 25.2. The molecule has 0 aromatic heterocycles. The van der Waals surface area contributed by atoms with Crippen molar-refractivity contribution in [2.45, 2.75) is 34.1 Å². The van der Waals surface area contributed by atoms with E-state index in [1.165, 1.54) is 6.92 Å². The normalized spacial score (nSPS) is 10.6. The van der Waals surface area contributed by atoms with Gasteiger partial charge in [0, 0.05) is 37.1 Å². The maximum absolute atomic E-state index is 12.0. The first kappa shape index (κ1) is 17.5. The van der Waals surface area contributed by atoms with Crippen LogP contribution in [0.2, 0.25) is 5.02 Å². The molecule has 0 saturated heterocycles. The van der Waals surface area contributed by atoms with Crippen molar-refractivity contribution in [3.63, 3.8) is 0 Å². The molecule has 0 aliphatic rings. The predicted molar refractivity (Wildman–Crippen MR) is 86.5 cm³/mol. The molecule has 21 heavy (non-hydrogen) atoms. The van der Waals surface area contributed by atoms with Crippen LogP contribution in [0.5, 0.6) is 0 Å². The fraction of sp³-hybridized carbons (Fsp3) is 0.500. The first-order chi connectivity index (χ1) is 9.81. The molecule has 0 bridgehead atoms. The van der Waals surface area contributed by atoms with E-state index in [1.54, 1.807) is 17.0 Å². The fourth-order valence-electron chi connectivity index (χ4n) is 2.01. The summed E-state index contributed by atoms with van der Waals surface area (Å²) < 4.78 is 0. The van der Waals surface area contributed by atoms with E-state index in [1.807, 2.05) is 26.8 Å². The Morgan fingerprint density at radius 2 is 2.00 bits per heavy atom. The van der Waals surface area contributed by atoms with Crippen LogP contribution in [0, 0.1) is 12.8 Å². The number of rotatable bonds is 6. The van der Waals surface area contributed by atoms with E-state index in [2.05, 4.69) is 5.32 Å². The smallest absolute Gasteiger partial charge is 0.226 e. The number of carbonyl (C=O) groups excluding carboxylic acids is 2. The van der Waals surface area contributed by atoms with Gasteiger partial charge in [0.2, 0.25) is 11.8 Å². The van der Waals surface area contributed by atoms with Gasteiger partial charge in [0.1, 0.15) is 0 Å². The number of nitrogens with zero attached hydrogens (tertiary/aromatic N) is 1. The van der Waals surface area contributed by atoms with Crippen LogP contribution in [0.15, 0.2) is 18.2 Å². The Hall–Kier alpha value is -1.55. The second kappa shape index (κ2) is 8.03. The van der Waals surface area contributed by atoms with Crippen LogP contribution in [0.1, 0.15) is 32.8 Å². The van der Waals surface area contributed by atoms with Gasteiger partial charge in [0.05, 0.1) is 0 Å². The maximum Gasteiger partial charge on any atom is 0.226 e. The highest BCUT2D eigenvalue weighted by atomic mass is 35.5. The number of anilines is 1. The molecule has 0 heterocycles. The molecule has 1 rings (SSSR count). The van der Waals surface area contributed by atoms with Gasteiger partial charge in [-0.3, -0.25) is 9.59 Å². The molecular formula is C16H23ClN2O2. The van der Waals surface area contributed by atoms with Gasteiger partial charge in [-0.1, -0.05) is 31.5 Å². The van der Waals surface area contributed by atoms with E-state index >= 15 is 0 Å². The van der Waals surface area contributed by atoms with Crippen molar-refractivity contribution >= 4 is 29.1 Å². The first-order valence-electron chi connectivity index (χ1n) is 7.11. The first-order valence-corrected chi connectivity index (χ1v) is 7.49. The predicted octanol–water partition coefficient (Wildman–Crippen LogP) is 3.48. The lowest BCUT2D eigenvalue weighted by molar-refractivity contribution is -0.129. The van der Waals surface area contributed by atoms with Gasteiger partial charge >= 0.3 is 0 Å². The third-order valence-corrected chi connectivity index (χ3v) is 3.59. The lowest BCUT2D eigenvalue weighted by Crippen LogP contribution is -2.34. The average Bonchev–Trinajstić information content (AvgIpc) is 2.39. The molecule has 0 aliphatic carbocycles. The molecule has 0 aliphatic heterocycles. The van der Waals surface area contributed by atoms with Crippen LogP contribution in [0.4, 0.5) is 5.69 Å². The van der Waals surface area contributed by atoms with E-state index in [0.29, 0.717) is 29.7 Å². The third kappa shape index (κ3) is 5.76. The van der Waals surface area contributed by atoms with Gasteiger partial charge in [-0.25, -0.2) is 0 Å². The van der Waals surface area contributed by atoms with Crippen LogP contribution in [0.25, 0.3) is 0 Å². The topological polar surface area (TPSA) is 49.4 Å². The summed E-state index contributed by atoms with van der Waals surface area (Å²) in [6, 6.07) is 5.40. The highest BCUT2D eigenvalue weighted by molar-refractivity contribution is 6.31.